The van der Waals surface area contributed by atoms with Crippen LogP contribution in [0.25, 0.3) is 5.57 Å². The topological polar surface area (TPSA) is 59.9 Å². The van der Waals surface area contributed by atoms with Crippen LogP contribution in [0.2, 0.25) is 0 Å². The van der Waals surface area contributed by atoms with Gasteiger partial charge in [0.25, 0.3) is 0 Å². The molecular formula is C17H21N3O2. The van der Waals surface area contributed by atoms with E-state index >= 15 is 0 Å². The van der Waals surface area contributed by atoms with Crippen LogP contribution in [0.5, 0.6) is 5.75 Å². The molecule has 5 heteroatoms. The van der Waals surface area contributed by atoms with Gasteiger partial charge >= 0.3 is 0 Å². The lowest BCUT2D eigenvalue weighted by Crippen LogP contribution is -2.12. The van der Waals surface area contributed by atoms with Crippen LogP contribution in [0, 0.1) is 0 Å². The Kier molecular flexibility index (Phi) is 4.42. The van der Waals surface area contributed by atoms with E-state index in [4.69, 9.17) is 4.74 Å². The van der Waals surface area contributed by atoms with Crippen molar-refractivity contribution in [1.82, 2.24) is 14.8 Å². The second-order valence-electron chi connectivity index (χ2n) is 5.50. The first kappa shape index (κ1) is 14.6. The van der Waals surface area contributed by atoms with Gasteiger partial charge in [-0.25, -0.2) is 0 Å². The smallest absolute Gasteiger partial charge is 0.248 e. The number of nitrogens with one attached hydrogen (secondary N) is 1. The van der Waals surface area contributed by atoms with Crippen LogP contribution < -0.4 is 10.3 Å². The molecule has 2 aromatic rings. The summed E-state index contributed by atoms with van der Waals surface area (Å²) in [4.78, 5) is 13.7. The maximum atomic E-state index is 11.1. The Bertz CT molecular complexity index is 707. The van der Waals surface area contributed by atoms with Crippen molar-refractivity contribution in [2.24, 2.45) is 0 Å². The molecule has 0 unspecified atom stereocenters. The minimum absolute atomic E-state index is 0.114. The molecule has 0 aromatic carbocycles. The molecule has 22 heavy (non-hydrogen) atoms. The van der Waals surface area contributed by atoms with Crippen molar-refractivity contribution in [3.05, 3.63) is 52.2 Å². The molecule has 0 saturated carbocycles. The van der Waals surface area contributed by atoms with Gasteiger partial charge in [0, 0.05) is 25.0 Å². The Morgan fingerprint density at radius 2 is 2.14 bits per heavy atom. The second kappa shape index (κ2) is 6.64. The standard InChI is InChI=1S/C17H21N3O2/c1-2-20-16(9-10-19-20)15-6-4-3-5-13(15)12-22-14-7-8-17(21)18-11-14/h7-11H,2-6,12H2,1H3,(H,18,21). The normalized spacial score (nSPS) is 15.1. The first-order valence-electron chi connectivity index (χ1n) is 7.82. The highest BCUT2D eigenvalue weighted by Crippen LogP contribution is 2.32. The summed E-state index contributed by atoms with van der Waals surface area (Å²) >= 11 is 0. The van der Waals surface area contributed by atoms with Gasteiger partial charge in [-0.2, -0.15) is 5.10 Å². The molecule has 0 fully saturated rings. The fourth-order valence-electron chi connectivity index (χ4n) is 2.93. The third-order valence-corrected chi connectivity index (χ3v) is 4.08. The second-order valence-corrected chi connectivity index (χ2v) is 5.50. The van der Waals surface area contributed by atoms with Crippen molar-refractivity contribution in [3.63, 3.8) is 0 Å². The van der Waals surface area contributed by atoms with E-state index in [-0.39, 0.29) is 5.56 Å². The highest BCUT2D eigenvalue weighted by Gasteiger charge is 2.17. The van der Waals surface area contributed by atoms with Gasteiger partial charge in [0.2, 0.25) is 5.56 Å². The van der Waals surface area contributed by atoms with E-state index in [0.717, 1.165) is 19.4 Å². The molecule has 0 atom stereocenters. The van der Waals surface area contributed by atoms with Crippen LogP contribution in [-0.4, -0.2) is 21.4 Å². The summed E-state index contributed by atoms with van der Waals surface area (Å²) in [5.41, 5.74) is 3.81. The van der Waals surface area contributed by atoms with Gasteiger partial charge in [0.15, 0.2) is 0 Å². The highest BCUT2D eigenvalue weighted by atomic mass is 16.5. The van der Waals surface area contributed by atoms with E-state index in [9.17, 15) is 4.79 Å². The zero-order chi connectivity index (χ0) is 15.4. The number of aromatic nitrogens is 3. The van der Waals surface area contributed by atoms with Crippen molar-refractivity contribution >= 4 is 5.57 Å². The fourth-order valence-corrected chi connectivity index (χ4v) is 2.93. The summed E-state index contributed by atoms with van der Waals surface area (Å²) < 4.78 is 7.89. The molecule has 0 saturated heterocycles. The molecule has 2 heterocycles. The van der Waals surface area contributed by atoms with Gasteiger partial charge in [-0.3, -0.25) is 9.48 Å². The third kappa shape index (κ3) is 3.13. The zero-order valence-electron chi connectivity index (χ0n) is 12.8. The maximum Gasteiger partial charge on any atom is 0.248 e. The van der Waals surface area contributed by atoms with Gasteiger partial charge in [0.05, 0.1) is 5.69 Å². The average molecular weight is 299 g/mol. The first-order valence-corrected chi connectivity index (χ1v) is 7.82. The summed E-state index contributed by atoms with van der Waals surface area (Å²) in [5.74, 6) is 0.695. The van der Waals surface area contributed by atoms with E-state index in [1.54, 1.807) is 12.3 Å². The largest absolute Gasteiger partial charge is 0.488 e. The molecule has 2 aromatic heterocycles. The van der Waals surface area contributed by atoms with Crippen LogP contribution in [0.1, 0.15) is 38.3 Å². The predicted octanol–water partition coefficient (Wildman–Crippen LogP) is 3.00. The van der Waals surface area contributed by atoms with Crippen LogP contribution in [-0.2, 0) is 6.54 Å². The molecule has 5 nitrogen and oxygen atoms in total. The lowest BCUT2D eigenvalue weighted by molar-refractivity contribution is 0.343. The van der Waals surface area contributed by atoms with Crippen molar-refractivity contribution in [1.29, 1.82) is 0 Å². The molecule has 1 aliphatic rings. The van der Waals surface area contributed by atoms with Gasteiger partial charge in [0.1, 0.15) is 12.4 Å². The predicted molar refractivity (Wildman–Crippen MR) is 85.8 cm³/mol. The summed E-state index contributed by atoms with van der Waals surface area (Å²) in [6, 6.07) is 5.28. The number of nitrogens with zero attached hydrogens (tertiary/aromatic N) is 2. The minimum atomic E-state index is -0.114. The number of rotatable bonds is 5. The minimum Gasteiger partial charge on any atom is -0.488 e. The Hall–Kier alpha value is -2.30. The van der Waals surface area contributed by atoms with Gasteiger partial charge in [-0.1, -0.05) is 0 Å². The van der Waals surface area contributed by atoms with Crippen molar-refractivity contribution < 1.29 is 4.74 Å². The molecule has 0 amide bonds. The van der Waals surface area contributed by atoms with Gasteiger partial charge in [-0.15, -0.1) is 0 Å². The number of hydrogen-bond donors (Lipinski definition) is 1. The zero-order valence-corrected chi connectivity index (χ0v) is 12.8. The molecule has 116 valence electrons. The quantitative estimate of drug-likeness (QED) is 0.923. The van der Waals surface area contributed by atoms with Gasteiger partial charge in [-0.05, 0) is 55.9 Å². The molecule has 1 aliphatic carbocycles. The molecule has 0 radical (unpaired) electrons. The summed E-state index contributed by atoms with van der Waals surface area (Å²) in [5, 5.41) is 4.37. The van der Waals surface area contributed by atoms with Crippen molar-refractivity contribution in [2.75, 3.05) is 6.61 Å². The van der Waals surface area contributed by atoms with Crippen LogP contribution in [0.3, 0.4) is 0 Å². The van der Waals surface area contributed by atoms with Gasteiger partial charge < -0.3 is 9.72 Å². The molecule has 0 aliphatic heterocycles. The van der Waals surface area contributed by atoms with Crippen LogP contribution in [0.15, 0.2) is 41.0 Å². The first-order chi connectivity index (χ1) is 10.8. The molecule has 0 bridgehead atoms. The summed E-state index contributed by atoms with van der Waals surface area (Å²) in [6.45, 7) is 3.55. The molecule has 1 N–H and O–H groups in total. The van der Waals surface area contributed by atoms with E-state index in [2.05, 4.69) is 23.1 Å². The Labute approximate surface area is 129 Å². The van der Waals surface area contributed by atoms with Crippen LogP contribution in [0.4, 0.5) is 0 Å². The molecular weight excluding hydrogens is 278 g/mol. The number of aromatic amines is 1. The number of ether oxygens (including phenoxy) is 1. The SMILES string of the molecule is CCn1nccc1C1=C(COc2ccc(=O)[nH]c2)CCCC1. The number of hydrogen-bond acceptors (Lipinski definition) is 3. The molecule has 3 rings (SSSR count). The van der Waals surface area contributed by atoms with E-state index in [0.29, 0.717) is 12.4 Å². The summed E-state index contributed by atoms with van der Waals surface area (Å²) in [7, 11) is 0. The average Bonchev–Trinajstić information content (AvgIpc) is 3.03. The number of allylic oxidation sites excluding steroid dienone is 1. The lowest BCUT2D eigenvalue weighted by Gasteiger charge is -2.21. The number of pyridine rings is 1. The monoisotopic (exact) mass is 299 g/mol. The Balaban J connectivity index is 1.82. The fraction of sp³-hybridized carbons (Fsp3) is 0.412. The van der Waals surface area contributed by atoms with E-state index in [1.807, 2.05) is 10.9 Å². The maximum absolute atomic E-state index is 11.1. The number of aryl methyl sites for hydroxylation is 1. The van der Waals surface area contributed by atoms with E-state index in [1.165, 1.54) is 35.7 Å². The Morgan fingerprint density at radius 1 is 1.27 bits per heavy atom. The van der Waals surface area contributed by atoms with E-state index < -0.39 is 0 Å². The number of H-pyrrole nitrogens is 1. The Morgan fingerprint density at radius 3 is 2.91 bits per heavy atom. The van der Waals surface area contributed by atoms with Crippen molar-refractivity contribution in [2.45, 2.75) is 39.2 Å². The summed E-state index contributed by atoms with van der Waals surface area (Å²) in [6.07, 6.45) is 8.03. The lowest BCUT2D eigenvalue weighted by atomic mass is 9.90. The van der Waals surface area contributed by atoms with Crippen molar-refractivity contribution in [3.8, 4) is 5.75 Å². The third-order valence-electron chi connectivity index (χ3n) is 4.08. The highest BCUT2D eigenvalue weighted by molar-refractivity contribution is 5.67. The van der Waals surface area contributed by atoms with Crippen LogP contribution >= 0.6 is 0 Å². The molecule has 0 spiro atoms.